The molecule has 0 radical (unpaired) electrons. The Morgan fingerprint density at radius 2 is 1.07 bits per heavy atom. The summed E-state index contributed by atoms with van der Waals surface area (Å²) in [6.07, 6.45) is -14.4. The summed E-state index contributed by atoms with van der Waals surface area (Å²) in [5, 5.41) is -8.01. The fraction of sp³-hybridized carbons (Fsp3) is 1.00. The molecule has 0 unspecified atom stereocenters. The van der Waals surface area contributed by atoms with Crippen LogP contribution >= 0.6 is 0 Å². The lowest BCUT2D eigenvalue weighted by Gasteiger charge is -2.39. The van der Waals surface area contributed by atoms with Crippen LogP contribution in [0.5, 0.6) is 0 Å². The van der Waals surface area contributed by atoms with E-state index in [1.165, 1.54) is 4.94 Å². The first kappa shape index (κ1) is 28.8. The van der Waals surface area contributed by atoms with Crippen molar-refractivity contribution in [2.24, 2.45) is 0 Å². The molecular formula is C9H5F16NO3S. The molecule has 0 aromatic rings. The number of alkyl halides is 15. The van der Waals surface area contributed by atoms with Crippen molar-refractivity contribution in [3.8, 4) is 0 Å². The second-order valence-corrected chi connectivity index (χ2v) is 6.95. The van der Waals surface area contributed by atoms with E-state index in [1.807, 2.05) is 0 Å². The molecule has 0 aliphatic carbocycles. The molecule has 0 amide bonds. The van der Waals surface area contributed by atoms with Crippen molar-refractivity contribution in [2.45, 2.75) is 48.3 Å². The molecule has 0 bridgehead atoms. The molecule has 0 N–H and O–H groups in total. The summed E-state index contributed by atoms with van der Waals surface area (Å²) in [4.78, 5) is 1.31. The van der Waals surface area contributed by atoms with Crippen LogP contribution < -0.4 is 0 Å². The van der Waals surface area contributed by atoms with E-state index in [1.54, 1.807) is 0 Å². The molecule has 0 aliphatic heterocycles. The maximum absolute atomic E-state index is 13.6. The Labute approximate surface area is 154 Å². The van der Waals surface area contributed by atoms with E-state index in [4.69, 9.17) is 0 Å². The molecule has 0 aromatic carbocycles. The third-order valence-corrected chi connectivity index (χ3v) is 5.14. The van der Waals surface area contributed by atoms with E-state index < -0.39 is 62.2 Å². The minimum atomic E-state index is -8.36. The molecule has 0 spiro atoms. The number of likely N-dealkylation sites (N-methyl/N-ethyl adjacent to an activating group) is 1. The second kappa shape index (κ2) is 7.41. The van der Waals surface area contributed by atoms with Crippen LogP contribution in [0.2, 0.25) is 0 Å². The fourth-order valence-electron chi connectivity index (χ4n) is 1.57. The van der Waals surface area contributed by atoms with Gasteiger partial charge in [-0.15, -0.1) is 9.25 Å². The molecule has 21 heteroatoms. The van der Waals surface area contributed by atoms with Gasteiger partial charge in [0.05, 0.1) is 0 Å². The lowest BCUT2D eigenvalue weighted by Crippen LogP contribution is -2.70. The highest BCUT2D eigenvalue weighted by atomic mass is 32.2. The van der Waals surface area contributed by atoms with Gasteiger partial charge in [-0.05, 0) is 4.53 Å². The zero-order valence-electron chi connectivity index (χ0n) is 13.3. The average molecular weight is 511 g/mol. The first-order chi connectivity index (χ1) is 12.8. The van der Waals surface area contributed by atoms with Gasteiger partial charge in [0.2, 0.25) is 0 Å². The standard InChI is InChI=1S/C9H5F16NO3S/c1-2-26(7(19,20)8(21,22)29-25)30(27,28)9(23,24)5(14,15)3(10,11)4(12,13)6(16,17)18/h2H2,1H3. The number of hydrogen-bond acceptors (Lipinski definition) is 3. The number of halogens is 16. The van der Waals surface area contributed by atoms with Gasteiger partial charge in [-0.3, -0.25) is 0 Å². The SMILES string of the molecule is CCN(C(F)(F)C(F)(F)OF)S(=O)(=O)C(F)(F)C(F)(F)C(F)(F)C(F)(F)C(F)(F)F. The summed E-state index contributed by atoms with van der Waals surface area (Å²) in [7, 11) is -8.36. The Kier molecular flexibility index (Phi) is 7.11. The zero-order valence-corrected chi connectivity index (χ0v) is 14.2. The first-order valence-electron chi connectivity index (χ1n) is 6.41. The monoisotopic (exact) mass is 511 g/mol. The van der Waals surface area contributed by atoms with Crippen molar-refractivity contribution >= 4 is 10.0 Å². The minimum Gasteiger partial charge on any atom is -0.205 e. The third-order valence-electron chi connectivity index (χ3n) is 3.17. The van der Waals surface area contributed by atoms with Crippen molar-refractivity contribution < 1.29 is 83.7 Å². The molecule has 0 fully saturated rings. The van der Waals surface area contributed by atoms with Crippen LogP contribution in [0.4, 0.5) is 70.4 Å². The molecule has 0 saturated heterocycles. The Morgan fingerprint density at radius 1 is 0.700 bits per heavy atom. The van der Waals surface area contributed by atoms with Crippen molar-refractivity contribution in [1.29, 1.82) is 0 Å². The first-order valence-corrected chi connectivity index (χ1v) is 7.85. The molecule has 0 aliphatic rings. The molecule has 0 rings (SSSR count). The molecule has 182 valence electrons. The number of rotatable bonds is 9. The van der Waals surface area contributed by atoms with E-state index in [0.29, 0.717) is 0 Å². The van der Waals surface area contributed by atoms with Gasteiger partial charge in [-0.25, -0.2) is 8.42 Å². The van der Waals surface area contributed by atoms with Gasteiger partial charge in [-0.1, -0.05) is 6.92 Å². The summed E-state index contributed by atoms with van der Waals surface area (Å²) in [6.45, 7) is -2.59. The predicted molar refractivity (Wildman–Crippen MR) is 59.2 cm³/mol. The highest BCUT2D eigenvalue weighted by Crippen LogP contribution is 2.59. The Hall–Kier alpha value is -1.25. The summed E-state index contributed by atoms with van der Waals surface area (Å²) < 4.78 is 224. The zero-order chi connectivity index (χ0) is 25.0. The highest BCUT2D eigenvalue weighted by molar-refractivity contribution is 7.90. The minimum absolute atomic E-state index is 0.115. The number of sulfonamides is 1. The molecule has 0 heterocycles. The summed E-state index contributed by atoms with van der Waals surface area (Å²) in [6, 6.07) is -6.89. The van der Waals surface area contributed by atoms with Gasteiger partial charge in [0, 0.05) is 6.54 Å². The Balaban J connectivity index is 6.84. The largest absolute Gasteiger partial charge is 0.465 e. The maximum atomic E-state index is 13.6. The van der Waals surface area contributed by atoms with Gasteiger partial charge in [-0.2, -0.15) is 65.9 Å². The molecular weight excluding hydrogens is 506 g/mol. The van der Waals surface area contributed by atoms with Crippen LogP contribution in [0.15, 0.2) is 0 Å². The second-order valence-electron chi connectivity index (χ2n) is 5.04. The Bertz CT molecular complexity index is 729. The highest BCUT2D eigenvalue weighted by Gasteiger charge is 2.90. The molecule has 0 saturated carbocycles. The van der Waals surface area contributed by atoms with Crippen LogP contribution in [-0.2, 0) is 15.0 Å². The predicted octanol–water partition coefficient (Wildman–Crippen LogP) is 4.79. The van der Waals surface area contributed by atoms with E-state index in [2.05, 4.69) is 0 Å². The number of nitrogens with zero attached hydrogens (tertiary/aromatic N) is 1. The van der Waals surface area contributed by atoms with Crippen LogP contribution in [0.1, 0.15) is 6.92 Å². The summed E-state index contributed by atoms with van der Waals surface area (Å²) in [5.41, 5.74) is 0. The molecule has 0 aromatic heterocycles. The van der Waals surface area contributed by atoms with Crippen molar-refractivity contribution in [3.63, 3.8) is 0 Å². The van der Waals surface area contributed by atoms with E-state index in [9.17, 15) is 78.8 Å². The number of hydrogen-bond donors (Lipinski definition) is 0. The lowest BCUT2D eigenvalue weighted by atomic mass is 10.0. The van der Waals surface area contributed by atoms with Crippen LogP contribution in [-0.4, -0.2) is 60.6 Å². The van der Waals surface area contributed by atoms with E-state index in [0.717, 1.165) is 0 Å². The van der Waals surface area contributed by atoms with Gasteiger partial charge < -0.3 is 0 Å². The van der Waals surface area contributed by atoms with Crippen LogP contribution in [0.25, 0.3) is 0 Å². The normalized spacial score (nSPS) is 16.3. The molecule has 0 atom stereocenters. The topological polar surface area (TPSA) is 46.6 Å². The van der Waals surface area contributed by atoms with Gasteiger partial charge >= 0.3 is 41.4 Å². The van der Waals surface area contributed by atoms with Crippen molar-refractivity contribution in [2.75, 3.05) is 6.54 Å². The lowest BCUT2D eigenvalue weighted by molar-refractivity contribution is -0.444. The van der Waals surface area contributed by atoms with E-state index in [-0.39, 0.29) is 6.92 Å². The van der Waals surface area contributed by atoms with E-state index >= 15 is 0 Å². The molecule has 4 nitrogen and oxygen atoms in total. The smallest absolute Gasteiger partial charge is 0.205 e. The van der Waals surface area contributed by atoms with Gasteiger partial charge in [0.1, 0.15) is 0 Å². The average Bonchev–Trinajstić information content (AvgIpc) is 2.52. The van der Waals surface area contributed by atoms with Crippen molar-refractivity contribution in [1.82, 2.24) is 4.31 Å². The Morgan fingerprint density at radius 3 is 1.33 bits per heavy atom. The van der Waals surface area contributed by atoms with Crippen LogP contribution in [0.3, 0.4) is 0 Å². The molecule has 30 heavy (non-hydrogen) atoms. The summed E-state index contributed by atoms with van der Waals surface area (Å²) in [5.74, 6) is -24.7. The quantitative estimate of drug-likeness (QED) is 0.331. The van der Waals surface area contributed by atoms with Gasteiger partial charge in [0.15, 0.2) is 0 Å². The fourth-order valence-corrected chi connectivity index (χ4v) is 3.05. The maximum Gasteiger partial charge on any atom is 0.465 e. The van der Waals surface area contributed by atoms with Crippen molar-refractivity contribution in [3.05, 3.63) is 0 Å². The third kappa shape index (κ3) is 3.65. The summed E-state index contributed by atoms with van der Waals surface area (Å²) >= 11 is 0. The van der Waals surface area contributed by atoms with Crippen LogP contribution in [0, 0.1) is 0 Å². The van der Waals surface area contributed by atoms with Gasteiger partial charge in [0.25, 0.3) is 10.0 Å².